The van der Waals surface area contributed by atoms with Crippen molar-refractivity contribution in [3.05, 3.63) is 97.5 Å². The summed E-state index contributed by atoms with van der Waals surface area (Å²) in [6, 6.07) is 20.1. The summed E-state index contributed by atoms with van der Waals surface area (Å²) in [5.41, 5.74) is 5.04. The molecule has 1 heterocycles. The molecule has 3 saturated carbocycles. The fraction of sp³-hybridized carbons (Fsp3) is 0.438. The summed E-state index contributed by atoms with van der Waals surface area (Å²) in [6.07, 6.45) is 16.8. The van der Waals surface area contributed by atoms with Crippen LogP contribution in [0.1, 0.15) is 77.0 Å². The van der Waals surface area contributed by atoms with Crippen LogP contribution in [0.25, 0.3) is 10.6 Å². The molecule has 0 spiro atoms. The van der Waals surface area contributed by atoms with Gasteiger partial charge in [-0.25, -0.2) is 0 Å². The molecule has 0 aromatic heterocycles. The summed E-state index contributed by atoms with van der Waals surface area (Å²) in [5, 5.41) is 9.11. The Hall–Kier alpha value is 0.0462. The molecule has 4 fully saturated rings. The van der Waals surface area contributed by atoms with Crippen LogP contribution in [0, 0.1) is 14.9 Å². The van der Waals surface area contributed by atoms with Crippen molar-refractivity contribution in [1.29, 1.82) is 0 Å². The largest absolute Gasteiger partial charge is 0.704 e. The zero-order valence-electron chi connectivity index (χ0n) is 25.0. The minimum atomic E-state index is -0.826. The van der Waals surface area contributed by atoms with Crippen molar-refractivity contribution >= 4 is 56.8 Å². The second-order valence-electron chi connectivity index (χ2n) is 9.43. The monoisotopic (exact) mass is 804 g/mol. The molecule has 1 saturated heterocycles. The molecule has 0 radical (unpaired) electrons. The van der Waals surface area contributed by atoms with Crippen LogP contribution in [0.15, 0.2) is 82.0 Å². The normalized spacial score (nSPS) is 17.9. The third-order valence-electron chi connectivity index (χ3n) is 6.56. The van der Waals surface area contributed by atoms with E-state index in [1.54, 1.807) is 0 Å². The van der Waals surface area contributed by atoms with Crippen molar-refractivity contribution in [2.45, 2.75) is 77.0 Å². The first-order valence-electron chi connectivity index (χ1n) is 14.0. The summed E-state index contributed by atoms with van der Waals surface area (Å²) >= 11 is -1.65. The quantitative estimate of drug-likeness (QED) is 0.271. The molecule has 3 aliphatic carbocycles. The second kappa shape index (κ2) is 28.5. The summed E-state index contributed by atoms with van der Waals surface area (Å²) in [4.78, 5) is 9.67. The van der Waals surface area contributed by atoms with Gasteiger partial charge in [0.05, 0.1) is 11.4 Å². The van der Waals surface area contributed by atoms with Gasteiger partial charge in [-0.1, -0.05) is 101 Å². The van der Waals surface area contributed by atoms with Gasteiger partial charge < -0.3 is 25.5 Å². The number of hydrogen-bond acceptors (Lipinski definition) is 2. The van der Waals surface area contributed by atoms with Crippen LogP contribution < -0.4 is 0 Å². The predicted molar refractivity (Wildman–Crippen MR) is 182 cm³/mol. The zero-order chi connectivity index (χ0) is 28.7. The molecule has 6 rings (SSSR count). The Bertz CT molecular complexity index is 919. The minimum Gasteiger partial charge on any atom is -0.704 e. The van der Waals surface area contributed by atoms with Crippen molar-refractivity contribution in [2.75, 3.05) is 13.1 Å². The average molecular weight is 809 g/mol. The first-order chi connectivity index (χ1) is 19.7. The van der Waals surface area contributed by atoms with Crippen molar-refractivity contribution in [2.24, 2.45) is 9.98 Å². The van der Waals surface area contributed by atoms with Gasteiger partial charge in [-0.15, -0.1) is 13.1 Å². The van der Waals surface area contributed by atoms with E-state index in [1.807, 2.05) is 60.7 Å². The fourth-order valence-corrected chi connectivity index (χ4v) is 4.74. The average Bonchev–Trinajstić information content (AvgIpc) is 3.81. The number of hydrogen-bond donors (Lipinski definition) is 0. The van der Waals surface area contributed by atoms with E-state index in [9.17, 15) is 0 Å². The van der Waals surface area contributed by atoms with E-state index in [2.05, 4.69) is 10.6 Å². The van der Waals surface area contributed by atoms with Gasteiger partial charge in [0, 0.05) is 11.4 Å². The van der Waals surface area contributed by atoms with E-state index in [1.165, 1.54) is 64.2 Å². The SMILES string of the molecule is C1CCCC1.C1CCCC1.[CH3-].[CH3-].[Cl][Zr+2][Cl].[Cl][Zr+2][Cl].c1ccc(N=C2CCC(=Nc3ccccc3)C2=C2[N-]CC[N-]2)cc1. The summed E-state index contributed by atoms with van der Waals surface area (Å²) in [7, 11) is 19.7. The molecule has 10 heteroatoms. The molecule has 1 aliphatic heterocycles. The molecule has 0 atom stereocenters. The molecule has 0 N–H and O–H groups in total. The van der Waals surface area contributed by atoms with Crippen LogP contribution in [-0.4, -0.2) is 24.5 Å². The van der Waals surface area contributed by atoms with Gasteiger partial charge in [0.2, 0.25) is 0 Å². The number of halogens is 4. The van der Waals surface area contributed by atoms with E-state index in [0.717, 1.165) is 60.1 Å². The Labute approximate surface area is 293 Å². The van der Waals surface area contributed by atoms with E-state index in [4.69, 9.17) is 44.0 Å². The van der Waals surface area contributed by atoms with Crippen LogP contribution in [0.2, 0.25) is 0 Å². The molecule has 2 aromatic rings. The molecular weight excluding hydrogens is 765 g/mol. The van der Waals surface area contributed by atoms with Crippen molar-refractivity contribution in [3.63, 3.8) is 0 Å². The van der Waals surface area contributed by atoms with Crippen molar-refractivity contribution in [1.82, 2.24) is 0 Å². The molecule has 0 amide bonds. The zero-order valence-corrected chi connectivity index (χ0v) is 32.9. The topological polar surface area (TPSA) is 52.9 Å². The summed E-state index contributed by atoms with van der Waals surface area (Å²) in [6.45, 7) is 1.52. The van der Waals surface area contributed by atoms with Crippen LogP contribution in [0.3, 0.4) is 0 Å². The third kappa shape index (κ3) is 18.1. The number of para-hydroxylation sites is 2. The van der Waals surface area contributed by atoms with Crippen LogP contribution in [0.5, 0.6) is 0 Å². The number of nitrogens with zero attached hydrogens (tertiary/aromatic N) is 4. The Morgan fingerprint density at radius 1 is 0.500 bits per heavy atom. The van der Waals surface area contributed by atoms with Gasteiger partial charge in [-0.05, 0) is 42.7 Å². The molecule has 42 heavy (non-hydrogen) atoms. The van der Waals surface area contributed by atoms with Gasteiger partial charge in [0.25, 0.3) is 0 Å². The Kier molecular flexibility index (Phi) is 28.5. The number of aliphatic imine (C=N–C) groups is 2. The number of allylic oxidation sites excluding steroid dienone is 1. The summed E-state index contributed by atoms with van der Waals surface area (Å²) in [5.74, 6) is 0.817. The van der Waals surface area contributed by atoms with Crippen LogP contribution in [0.4, 0.5) is 11.4 Å². The van der Waals surface area contributed by atoms with E-state index in [0.29, 0.717) is 0 Å². The Morgan fingerprint density at radius 3 is 1.07 bits per heavy atom. The van der Waals surface area contributed by atoms with Gasteiger partial charge in [-0.3, -0.25) is 15.8 Å². The molecule has 4 aliphatic rings. The number of rotatable bonds is 2. The maximum atomic E-state index is 4.93. The molecule has 0 unspecified atom stereocenters. The van der Waals surface area contributed by atoms with Crippen LogP contribution in [-0.2, 0) is 41.7 Å². The van der Waals surface area contributed by atoms with Gasteiger partial charge in [-0.2, -0.15) is 0 Å². The van der Waals surface area contributed by atoms with E-state index >= 15 is 0 Å². The van der Waals surface area contributed by atoms with Crippen LogP contribution >= 0.6 is 34.1 Å². The second-order valence-corrected chi connectivity index (χ2v) is 16.9. The van der Waals surface area contributed by atoms with Crippen molar-refractivity contribution < 1.29 is 41.7 Å². The number of benzene rings is 2. The minimum absolute atomic E-state index is 0. The van der Waals surface area contributed by atoms with E-state index in [-0.39, 0.29) is 14.9 Å². The Balaban J connectivity index is 0.000000768. The Morgan fingerprint density at radius 2 is 0.786 bits per heavy atom. The predicted octanol–water partition coefficient (Wildman–Crippen LogP) is 12.9. The molecule has 2 aromatic carbocycles. The standard InChI is InChI=1S/C20H18N4.2C5H10.2CH3.4ClH.2Zr/c1-3-7-15(8-4-1)23-17-11-12-18(19(17)20-21-13-14-22-20)24-16-9-5-2-6-10-16;2*1-2-4-5-3-1;;;;;;;;/h1-10H,11-14H2;2*1-5H2;2*1H3;4*1H;;/q-2;;;2*-1;;;;;2*+4/p-4. The van der Waals surface area contributed by atoms with E-state index < -0.39 is 41.7 Å². The first kappa shape index (κ1) is 42.0. The van der Waals surface area contributed by atoms with Gasteiger partial charge in [0.1, 0.15) is 0 Å². The molecule has 228 valence electrons. The van der Waals surface area contributed by atoms with Crippen molar-refractivity contribution in [3.8, 4) is 0 Å². The maximum Gasteiger partial charge on any atom is 0.0633 e. The first-order valence-corrected chi connectivity index (χ1v) is 26.7. The molecular formula is C32H44Cl4N4Zr2. The maximum absolute atomic E-state index is 4.93. The van der Waals surface area contributed by atoms with Gasteiger partial charge >= 0.3 is 75.7 Å². The smallest absolute Gasteiger partial charge is 0.0633 e. The fourth-order valence-electron chi connectivity index (χ4n) is 4.74. The summed E-state index contributed by atoms with van der Waals surface area (Å²) < 4.78 is 0. The molecule has 0 bridgehead atoms. The van der Waals surface area contributed by atoms with Gasteiger partial charge in [0.15, 0.2) is 0 Å². The molecule has 4 nitrogen and oxygen atoms in total. The third-order valence-corrected chi connectivity index (χ3v) is 6.56.